The van der Waals surface area contributed by atoms with Crippen LogP contribution in [0.25, 0.3) is 22.7 Å². The molecule has 5 rings (SSSR count). The second kappa shape index (κ2) is 8.03. The maximum absolute atomic E-state index is 6.11. The summed E-state index contributed by atoms with van der Waals surface area (Å²) in [5.41, 5.74) is 2.65. The summed E-state index contributed by atoms with van der Waals surface area (Å²) in [5, 5.41) is 13.9. The molecule has 4 heterocycles. The Morgan fingerprint density at radius 3 is 2.84 bits per heavy atom. The number of anilines is 1. The molecule has 31 heavy (non-hydrogen) atoms. The summed E-state index contributed by atoms with van der Waals surface area (Å²) in [6.45, 7) is 3.80. The molecule has 0 aliphatic carbocycles. The summed E-state index contributed by atoms with van der Waals surface area (Å²) in [4.78, 5) is 6.38. The average molecular weight is 437 g/mol. The van der Waals surface area contributed by atoms with Crippen molar-refractivity contribution in [1.82, 2.24) is 24.9 Å². The molecule has 0 saturated heterocycles. The van der Waals surface area contributed by atoms with Gasteiger partial charge in [-0.15, -0.1) is 10.2 Å². The van der Waals surface area contributed by atoms with E-state index in [0.717, 1.165) is 48.1 Å². The highest BCUT2D eigenvalue weighted by molar-refractivity contribution is 6.30. The van der Waals surface area contributed by atoms with E-state index in [1.807, 2.05) is 42.5 Å². The molecule has 0 unspecified atom stereocenters. The van der Waals surface area contributed by atoms with Crippen LogP contribution in [0, 0.1) is 0 Å². The van der Waals surface area contributed by atoms with E-state index in [1.165, 1.54) is 0 Å². The molecule has 1 atom stereocenters. The van der Waals surface area contributed by atoms with E-state index in [1.54, 1.807) is 13.3 Å². The van der Waals surface area contributed by atoms with Crippen molar-refractivity contribution in [1.29, 1.82) is 0 Å². The maximum atomic E-state index is 6.11. The Morgan fingerprint density at radius 2 is 2.00 bits per heavy atom. The Labute approximate surface area is 184 Å². The Balaban J connectivity index is 1.45. The number of nitrogens with zero attached hydrogens (tertiary/aromatic N) is 6. The van der Waals surface area contributed by atoms with Crippen molar-refractivity contribution in [2.24, 2.45) is 0 Å². The lowest BCUT2D eigenvalue weighted by Crippen LogP contribution is -2.35. The van der Waals surface area contributed by atoms with Crippen molar-refractivity contribution >= 4 is 17.5 Å². The van der Waals surface area contributed by atoms with Gasteiger partial charge in [-0.05, 0) is 31.5 Å². The summed E-state index contributed by atoms with van der Waals surface area (Å²) in [7, 11) is 1.60. The van der Waals surface area contributed by atoms with E-state index >= 15 is 0 Å². The maximum Gasteiger partial charge on any atom is 0.228 e. The van der Waals surface area contributed by atoms with E-state index in [-0.39, 0.29) is 6.04 Å². The molecule has 1 aliphatic rings. The number of hydrogen-bond acceptors (Lipinski definition) is 7. The van der Waals surface area contributed by atoms with Crippen molar-refractivity contribution in [3.63, 3.8) is 0 Å². The molecule has 0 fully saturated rings. The highest BCUT2D eigenvalue weighted by atomic mass is 35.5. The number of pyridine rings is 1. The van der Waals surface area contributed by atoms with Crippen LogP contribution in [0.2, 0.25) is 5.02 Å². The van der Waals surface area contributed by atoms with Gasteiger partial charge in [0.15, 0.2) is 11.6 Å². The van der Waals surface area contributed by atoms with E-state index in [2.05, 4.69) is 36.7 Å². The number of methoxy groups -OCH3 is 1. The first kappa shape index (κ1) is 19.6. The van der Waals surface area contributed by atoms with Crippen LogP contribution in [0.4, 0.5) is 5.95 Å². The Kier molecular flexibility index (Phi) is 5.07. The number of ether oxygens (including phenoxy) is 1. The fourth-order valence-corrected chi connectivity index (χ4v) is 4.07. The molecular formula is C22H21ClN6O2. The van der Waals surface area contributed by atoms with Gasteiger partial charge in [0.2, 0.25) is 11.8 Å². The molecule has 4 aromatic rings. The second-order valence-electron chi connectivity index (χ2n) is 7.41. The first-order valence-electron chi connectivity index (χ1n) is 10.1. The van der Waals surface area contributed by atoms with Crippen molar-refractivity contribution in [2.45, 2.75) is 25.9 Å². The molecule has 8 nitrogen and oxygen atoms in total. The van der Waals surface area contributed by atoms with Gasteiger partial charge in [0.25, 0.3) is 0 Å². The molecule has 3 aromatic heterocycles. The number of benzene rings is 1. The van der Waals surface area contributed by atoms with Crippen LogP contribution < -0.4 is 9.64 Å². The molecule has 0 radical (unpaired) electrons. The smallest absolute Gasteiger partial charge is 0.228 e. The van der Waals surface area contributed by atoms with Crippen LogP contribution in [0.3, 0.4) is 0 Å². The highest BCUT2D eigenvalue weighted by Gasteiger charge is 2.29. The van der Waals surface area contributed by atoms with Crippen molar-refractivity contribution in [2.75, 3.05) is 18.6 Å². The highest BCUT2D eigenvalue weighted by Crippen LogP contribution is 2.34. The number of fused-ring (bicyclic) bond motifs is 1. The zero-order valence-electron chi connectivity index (χ0n) is 17.2. The first-order valence-corrected chi connectivity index (χ1v) is 10.4. The lowest BCUT2D eigenvalue weighted by atomic mass is 10.1. The second-order valence-corrected chi connectivity index (χ2v) is 7.85. The minimum Gasteiger partial charge on any atom is -0.481 e. The summed E-state index contributed by atoms with van der Waals surface area (Å²) in [5.74, 6) is 2.85. The van der Waals surface area contributed by atoms with E-state index in [4.69, 9.17) is 20.9 Å². The van der Waals surface area contributed by atoms with Crippen LogP contribution in [0.15, 0.2) is 53.2 Å². The molecule has 158 valence electrons. The van der Waals surface area contributed by atoms with Crippen LogP contribution in [0.1, 0.15) is 25.1 Å². The van der Waals surface area contributed by atoms with Crippen molar-refractivity contribution in [3.8, 4) is 28.6 Å². The molecule has 0 N–H and O–H groups in total. The molecule has 1 aromatic carbocycles. The monoisotopic (exact) mass is 436 g/mol. The van der Waals surface area contributed by atoms with Gasteiger partial charge >= 0.3 is 0 Å². The molecule has 0 saturated carbocycles. The first-order chi connectivity index (χ1) is 15.1. The largest absolute Gasteiger partial charge is 0.481 e. The predicted molar refractivity (Wildman–Crippen MR) is 117 cm³/mol. The Hall–Kier alpha value is -3.39. The van der Waals surface area contributed by atoms with Crippen molar-refractivity contribution in [3.05, 3.63) is 59.4 Å². The summed E-state index contributed by atoms with van der Waals surface area (Å²) in [6.07, 6.45) is 2.69. The third kappa shape index (κ3) is 3.63. The van der Waals surface area contributed by atoms with Gasteiger partial charge < -0.3 is 14.2 Å². The average Bonchev–Trinajstić information content (AvgIpc) is 3.46. The molecule has 0 amide bonds. The quantitative estimate of drug-likeness (QED) is 0.451. The lowest BCUT2D eigenvalue weighted by molar-refractivity contribution is 0.398. The third-order valence-electron chi connectivity index (χ3n) is 5.50. The van der Waals surface area contributed by atoms with Gasteiger partial charge in [-0.25, -0.2) is 4.98 Å². The summed E-state index contributed by atoms with van der Waals surface area (Å²) in [6, 6.07) is 13.3. The molecule has 0 spiro atoms. The van der Waals surface area contributed by atoms with E-state index < -0.39 is 0 Å². The Bertz CT molecular complexity index is 1220. The zero-order valence-corrected chi connectivity index (χ0v) is 18.0. The predicted octanol–water partition coefficient (Wildman–Crippen LogP) is 4.63. The standard InChI is InChI=1S/C22H21ClN6O2/c1-14(18-13-19(31-27-18)15-5-3-6-17(23)11-15)28-9-4-10-29-21(25-26-22(28)29)16-7-8-24-20(12-16)30-2/h3,5-8,11-14H,4,9-10H2,1-2H3/t14-/m1/s1. The SMILES string of the molecule is COc1cc(-c2nnc3n2CCCN3[C@H](C)c2cc(-c3cccc(Cl)c3)on2)ccn1. The topological polar surface area (TPSA) is 82.1 Å². The van der Waals surface area contributed by atoms with Gasteiger partial charge in [-0.3, -0.25) is 4.57 Å². The summed E-state index contributed by atoms with van der Waals surface area (Å²) < 4.78 is 13.0. The normalized spacial score (nSPS) is 14.4. The molecule has 1 aliphatic heterocycles. The number of hydrogen-bond donors (Lipinski definition) is 0. The summed E-state index contributed by atoms with van der Waals surface area (Å²) >= 11 is 6.11. The van der Waals surface area contributed by atoms with Gasteiger partial charge in [0, 0.05) is 47.6 Å². The van der Waals surface area contributed by atoms with Crippen molar-refractivity contribution < 1.29 is 9.26 Å². The van der Waals surface area contributed by atoms with E-state index in [9.17, 15) is 0 Å². The van der Waals surface area contributed by atoms with Gasteiger partial charge in [0.05, 0.1) is 13.2 Å². The minimum absolute atomic E-state index is 0.0280. The minimum atomic E-state index is -0.0280. The molecule has 9 heteroatoms. The van der Waals surface area contributed by atoms with Crippen LogP contribution >= 0.6 is 11.6 Å². The number of aromatic nitrogens is 5. The number of halogens is 1. The Morgan fingerprint density at radius 1 is 1.10 bits per heavy atom. The number of rotatable bonds is 5. The zero-order chi connectivity index (χ0) is 21.4. The van der Waals surface area contributed by atoms with E-state index in [0.29, 0.717) is 16.7 Å². The third-order valence-corrected chi connectivity index (χ3v) is 5.74. The molecular weight excluding hydrogens is 416 g/mol. The fraction of sp³-hybridized carbons (Fsp3) is 0.273. The van der Waals surface area contributed by atoms with Gasteiger partial charge in [-0.2, -0.15) is 0 Å². The van der Waals surface area contributed by atoms with Crippen LogP contribution in [0.5, 0.6) is 5.88 Å². The van der Waals surface area contributed by atoms with Gasteiger partial charge in [0.1, 0.15) is 5.69 Å². The lowest BCUT2D eigenvalue weighted by Gasteiger charge is -2.32. The van der Waals surface area contributed by atoms with Crippen LogP contribution in [-0.2, 0) is 6.54 Å². The van der Waals surface area contributed by atoms with Crippen LogP contribution in [-0.4, -0.2) is 38.6 Å². The fourth-order valence-electron chi connectivity index (χ4n) is 3.88. The van der Waals surface area contributed by atoms with Gasteiger partial charge in [-0.1, -0.05) is 28.9 Å². The molecule has 0 bridgehead atoms.